The highest BCUT2D eigenvalue weighted by Gasteiger charge is 2.43. The van der Waals surface area contributed by atoms with Crippen molar-refractivity contribution in [3.8, 4) is 0 Å². The smallest absolute Gasteiger partial charge is 0.153 e. The normalized spacial score (nSPS) is 35.5. The van der Waals surface area contributed by atoms with E-state index in [-0.39, 0.29) is 12.1 Å². The molecule has 0 saturated carbocycles. The van der Waals surface area contributed by atoms with Crippen molar-refractivity contribution in [2.45, 2.75) is 25.9 Å². The van der Waals surface area contributed by atoms with Gasteiger partial charge in [-0.05, 0) is 14.1 Å². The van der Waals surface area contributed by atoms with Crippen molar-refractivity contribution in [3.05, 3.63) is 0 Å². The monoisotopic (exact) mass is 234 g/mol. The zero-order valence-corrected chi connectivity index (χ0v) is 10.9. The number of sulfone groups is 1. The van der Waals surface area contributed by atoms with Gasteiger partial charge in [-0.15, -0.1) is 0 Å². The van der Waals surface area contributed by atoms with Crippen LogP contribution in [-0.2, 0) is 9.84 Å². The lowest BCUT2D eigenvalue weighted by atomic mass is 10.1. The Morgan fingerprint density at radius 1 is 0.933 bits per heavy atom. The van der Waals surface area contributed by atoms with E-state index in [9.17, 15) is 8.42 Å². The summed E-state index contributed by atoms with van der Waals surface area (Å²) in [5.41, 5.74) is 0. The Balaban J connectivity index is 0.000000531. The van der Waals surface area contributed by atoms with Crippen LogP contribution in [0.2, 0.25) is 0 Å². The van der Waals surface area contributed by atoms with E-state index in [4.69, 9.17) is 0 Å². The first-order valence-electron chi connectivity index (χ1n) is 5.60. The standard InChI is InChI=1S/C8H16N2O2S.C2H6/c1-9-3-4-10(2)8-6-13(11,12)5-7(8)9;1-2/h7-8H,3-6H2,1-2H3;1-2H3/t7-,8?;/m1./s1. The molecule has 2 aliphatic rings. The molecule has 0 N–H and O–H groups in total. The van der Waals surface area contributed by atoms with Crippen molar-refractivity contribution in [3.63, 3.8) is 0 Å². The van der Waals surface area contributed by atoms with Crippen LogP contribution in [-0.4, -0.2) is 69.0 Å². The van der Waals surface area contributed by atoms with Crippen LogP contribution >= 0.6 is 0 Å². The molecular weight excluding hydrogens is 212 g/mol. The maximum Gasteiger partial charge on any atom is 0.153 e. The molecule has 2 atom stereocenters. The van der Waals surface area contributed by atoms with Gasteiger partial charge in [0.05, 0.1) is 11.5 Å². The van der Waals surface area contributed by atoms with Crippen LogP contribution in [0.1, 0.15) is 13.8 Å². The number of rotatable bonds is 0. The fourth-order valence-corrected chi connectivity index (χ4v) is 4.43. The Morgan fingerprint density at radius 3 is 1.60 bits per heavy atom. The maximum atomic E-state index is 11.4. The second kappa shape index (κ2) is 4.80. The van der Waals surface area contributed by atoms with Crippen molar-refractivity contribution in [2.75, 3.05) is 38.7 Å². The topological polar surface area (TPSA) is 40.6 Å². The number of hydrogen-bond acceptors (Lipinski definition) is 4. The van der Waals surface area contributed by atoms with Crippen molar-refractivity contribution in [1.29, 1.82) is 0 Å². The molecule has 0 radical (unpaired) electrons. The lowest BCUT2D eigenvalue weighted by molar-refractivity contribution is 0.0831. The van der Waals surface area contributed by atoms with Crippen LogP contribution in [0.4, 0.5) is 0 Å². The Hall–Kier alpha value is -0.130. The minimum absolute atomic E-state index is 0.226. The highest BCUT2D eigenvalue weighted by Crippen LogP contribution is 2.24. The highest BCUT2D eigenvalue weighted by molar-refractivity contribution is 7.91. The highest BCUT2D eigenvalue weighted by atomic mass is 32.2. The van der Waals surface area contributed by atoms with E-state index in [0.29, 0.717) is 11.5 Å². The van der Waals surface area contributed by atoms with Gasteiger partial charge >= 0.3 is 0 Å². The summed E-state index contributed by atoms with van der Waals surface area (Å²) >= 11 is 0. The third-order valence-corrected chi connectivity index (χ3v) is 4.93. The van der Waals surface area contributed by atoms with Gasteiger partial charge in [-0.3, -0.25) is 9.80 Å². The zero-order chi connectivity index (χ0) is 11.6. The molecule has 5 heteroatoms. The number of nitrogens with zero attached hydrogens (tertiary/aromatic N) is 2. The number of fused-ring (bicyclic) bond motifs is 1. The van der Waals surface area contributed by atoms with Crippen molar-refractivity contribution in [1.82, 2.24) is 9.80 Å². The summed E-state index contributed by atoms with van der Waals surface area (Å²) in [4.78, 5) is 4.35. The number of piperazine rings is 1. The van der Waals surface area contributed by atoms with Crippen LogP contribution in [0, 0.1) is 0 Å². The molecule has 2 rings (SSSR count). The Kier molecular flexibility index (Phi) is 4.14. The van der Waals surface area contributed by atoms with Crippen LogP contribution in [0.25, 0.3) is 0 Å². The van der Waals surface area contributed by atoms with E-state index in [1.54, 1.807) is 0 Å². The van der Waals surface area contributed by atoms with Gasteiger partial charge < -0.3 is 0 Å². The summed E-state index contributed by atoms with van der Waals surface area (Å²) < 4.78 is 22.9. The first-order chi connectivity index (χ1) is 6.99. The first kappa shape index (κ1) is 12.9. The van der Waals surface area contributed by atoms with E-state index in [1.807, 2.05) is 27.9 Å². The molecule has 0 aromatic heterocycles. The van der Waals surface area contributed by atoms with Gasteiger partial charge in [0.15, 0.2) is 9.84 Å². The Morgan fingerprint density at radius 2 is 1.27 bits per heavy atom. The Bertz CT molecular complexity index is 279. The van der Waals surface area contributed by atoms with E-state index in [0.717, 1.165) is 13.1 Å². The van der Waals surface area contributed by atoms with E-state index in [1.165, 1.54) is 0 Å². The summed E-state index contributed by atoms with van der Waals surface area (Å²) in [6, 6.07) is 0.451. The molecule has 2 fully saturated rings. The second-order valence-electron chi connectivity index (χ2n) is 4.17. The van der Waals surface area contributed by atoms with Crippen molar-refractivity contribution < 1.29 is 8.42 Å². The van der Waals surface area contributed by atoms with E-state index >= 15 is 0 Å². The summed E-state index contributed by atoms with van der Waals surface area (Å²) in [6.45, 7) is 5.96. The fourth-order valence-electron chi connectivity index (χ4n) is 2.30. The predicted octanol–water partition coefficient (Wildman–Crippen LogP) is 0.0554. The number of hydrogen-bond donors (Lipinski definition) is 0. The first-order valence-corrected chi connectivity index (χ1v) is 7.43. The lowest BCUT2D eigenvalue weighted by Gasteiger charge is -2.40. The molecule has 0 aromatic carbocycles. The Labute approximate surface area is 93.2 Å². The predicted molar refractivity (Wildman–Crippen MR) is 62.8 cm³/mol. The van der Waals surface area contributed by atoms with Gasteiger partial charge in [-0.2, -0.15) is 0 Å². The van der Waals surface area contributed by atoms with Gasteiger partial charge in [0.1, 0.15) is 0 Å². The maximum absolute atomic E-state index is 11.4. The average molecular weight is 234 g/mol. The van der Waals surface area contributed by atoms with E-state index < -0.39 is 9.84 Å². The molecule has 0 aliphatic carbocycles. The molecule has 0 spiro atoms. The van der Waals surface area contributed by atoms with Gasteiger partial charge in [0.25, 0.3) is 0 Å². The lowest BCUT2D eigenvalue weighted by Crippen LogP contribution is -2.56. The van der Waals surface area contributed by atoms with Crippen LogP contribution in [0.15, 0.2) is 0 Å². The molecular formula is C10H22N2O2S. The fraction of sp³-hybridized carbons (Fsp3) is 1.00. The van der Waals surface area contributed by atoms with Gasteiger partial charge in [0, 0.05) is 25.2 Å². The molecule has 1 unspecified atom stereocenters. The third kappa shape index (κ3) is 2.71. The molecule has 2 heterocycles. The van der Waals surface area contributed by atoms with Crippen molar-refractivity contribution in [2.24, 2.45) is 0 Å². The zero-order valence-electron chi connectivity index (χ0n) is 10.1. The summed E-state index contributed by atoms with van der Waals surface area (Å²) in [5.74, 6) is 0.691. The molecule has 2 saturated heterocycles. The van der Waals surface area contributed by atoms with Gasteiger partial charge in [0.2, 0.25) is 0 Å². The van der Waals surface area contributed by atoms with Crippen LogP contribution in [0.3, 0.4) is 0 Å². The molecule has 2 aliphatic heterocycles. The molecule has 4 nitrogen and oxygen atoms in total. The summed E-state index contributed by atoms with van der Waals surface area (Å²) in [5, 5.41) is 0. The SMILES string of the molecule is CC.CN1CCN(C)[C@@H]2CS(=O)(=O)CC21. The largest absolute Gasteiger partial charge is 0.300 e. The summed E-state index contributed by atoms with van der Waals surface area (Å²) in [6.07, 6.45) is 0. The summed E-state index contributed by atoms with van der Waals surface area (Å²) in [7, 11) is 1.26. The minimum atomic E-state index is -2.78. The molecule has 0 aromatic rings. The second-order valence-corrected chi connectivity index (χ2v) is 6.33. The molecule has 90 valence electrons. The van der Waals surface area contributed by atoms with Crippen LogP contribution in [0.5, 0.6) is 0 Å². The third-order valence-electron chi connectivity index (χ3n) is 3.23. The van der Waals surface area contributed by atoms with E-state index in [2.05, 4.69) is 9.80 Å². The van der Waals surface area contributed by atoms with Gasteiger partial charge in [-0.25, -0.2) is 8.42 Å². The van der Waals surface area contributed by atoms with Crippen LogP contribution < -0.4 is 0 Å². The molecule has 0 bridgehead atoms. The average Bonchev–Trinajstić information content (AvgIpc) is 2.52. The molecule has 0 amide bonds. The van der Waals surface area contributed by atoms with Gasteiger partial charge in [-0.1, -0.05) is 13.8 Å². The number of likely N-dealkylation sites (N-methyl/N-ethyl adjacent to an activating group) is 2. The minimum Gasteiger partial charge on any atom is -0.300 e. The molecule has 15 heavy (non-hydrogen) atoms. The quantitative estimate of drug-likeness (QED) is 0.594. The van der Waals surface area contributed by atoms with Crippen molar-refractivity contribution >= 4 is 9.84 Å².